The van der Waals surface area contributed by atoms with Gasteiger partial charge >= 0.3 is 0 Å². The summed E-state index contributed by atoms with van der Waals surface area (Å²) in [5.41, 5.74) is 1.41. The Hall–Kier alpha value is -1.92. The number of nitrogens with zero attached hydrogens (tertiary/aromatic N) is 1. The fraction of sp³-hybridized carbons (Fsp3) is 0.467. The van der Waals surface area contributed by atoms with Crippen molar-refractivity contribution in [2.75, 3.05) is 37.9 Å². The average molecular weight is 290 g/mol. The molecule has 0 unspecified atom stereocenters. The van der Waals surface area contributed by atoms with Crippen molar-refractivity contribution in [2.24, 2.45) is 0 Å². The molecule has 1 N–H and O–H groups in total. The predicted octanol–water partition coefficient (Wildman–Crippen LogP) is 0.411. The monoisotopic (exact) mass is 290 g/mol. The van der Waals surface area contributed by atoms with E-state index in [0.29, 0.717) is 26.4 Å². The van der Waals surface area contributed by atoms with Gasteiger partial charge in [-0.2, -0.15) is 0 Å². The van der Waals surface area contributed by atoms with Crippen LogP contribution in [0.1, 0.15) is 12.5 Å². The third-order valence-electron chi connectivity index (χ3n) is 3.83. The van der Waals surface area contributed by atoms with Crippen LogP contribution in [0.15, 0.2) is 24.3 Å². The van der Waals surface area contributed by atoms with Crippen molar-refractivity contribution in [2.45, 2.75) is 12.5 Å². The molecule has 0 saturated carbocycles. The standard InChI is InChI=1S/C15H18N2O4/c1-11(18)16-15(9-21-10-15)12-2-4-13(5-3-12)17-6-7-20-8-14(17)19/h2-5H,6-10H2,1H3,(H,16,18). The van der Waals surface area contributed by atoms with E-state index in [-0.39, 0.29) is 18.4 Å². The molecule has 2 aliphatic rings. The molecule has 2 fully saturated rings. The summed E-state index contributed by atoms with van der Waals surface area (Å²) in [6.45, 7) is 3.70. The maximum Gasteiger partial charge on any atom is 0.253 e. The Balaban J connectivity index is 1.80. The largest absolute Gasteiger partial charge is 0.376 e. The molecule has 2 aliphatic heterocycles. The molecule has 6 heteroatoms. The van der Waals surface area contributed by atoms with Crippen LogP contribution in [0.2, 0.25) is 0 Å². The highest BCUT2D eigenvalue weighted by molar-refractivity contribution is 5.94. The second kappa shape index (κ2) is 5.46. The first-order valence-electron chi connectivity index (χ1n) is 6.96. The number of rotatable bonds is 3. The van der Waals surface area contributed by atoms with Crippen LogP contribution < -0.4 is 10.2 Å². The second-order valence-electron chi connectivity index (χ2n) is 5.40. The van der Waals surface area contributed by atoms with Gasteiger partial charge in [0, 0.05) is 19.2 Å². The van der Waals surface area contributed by atoms with Crippen LogP contribution >= 0.6 is 0 Å². The van der Waals surface area contributed by atoms with Crippen molar-refractivity contribution >= 4 is 17.5 Å². The van der Waals surface area contributed by atoms with Crippen LogP contribution in [0.4, 0.5) is 5.69 Å². The van der Waals surface area contributed by atoms with E-state index in [1.54, 1.807) is 4.90 Å². The summed E-state index contributed by atoms with van der Waals surface area (Å²) in [4.78, 5) is 24.9. The number of morpholine rings is 1. The van der Waals surface area contributed by atoms with E-state index in [4.69, 9.17) is 9.47 Å². The third-order valence-corrected chi connectivity index (χ3v) is 3.83. The van der Waals surface area contributed by atoms with E-state index in [0.717, 1.165) is 11.3 Å². The number of benzene rings is 1. The van der Waals surface area contributed by atoms with Gasteiger partial charge in [0.1, 0.15) is 12.1 Å². The lowest BCUT2D eigenvalue weighted by molar-refractivity contribution is -0.131. The van der Waals surface area contributed by atoms with Gasteiger partial charge < -0.3 is 19.7 Å². The van der Waals surface area contributed by atoms with Crippen LogP contribution in [0.3, 0.4) is 0 Å². The van der Waals surface area contributed by atoms with Gasteiger partial charge in [0.2, 0.25) is 5.91 Å². The minimum absolute atomic E-state index is 0.0300. The molecular formula is C15H18N2O4. The van der Waals surface area contributed by atoms with Gasteiger partial charge in [0.15, 0.2) is 0 Å². The van der Waals surface area contributed by atoms with Crippen LogP contribution in [0.25, 0.3) is 0 Å². The predicted molar refractivity (Wildman–Crippen MR) is 75.9 cm³/mol. The summed E-state index contributed by atoms with van der Waals surface area (Å²) < 4.78 is 10.4. The Morgan fingerprint density at radius 1 is 1.24 bits per heavy atom. The van der Waals surface area contributed by atoms with Gasteiger partial charge in [-0.25, -0.2) is 0 Å². The lowest BCUT2D eigenvalue weighted by Crippen LogP contribution is -2.58. The molecule has 112 valence electrons. The van der Waals surface area contributed by atoms with Gasteiger partial charge in [-0.3, -0.25) is 9.59 Å². The summed E-state index contributed by atoms with van der Waals surface area (Å²) in [6, 6.07) is 7.69. The molecule has 2 amide bonds. The summed E-state index contributed by atoms with van der Waals surface area (Å²) in [5, 5.41) is 2.95. The number of carbonyl (C=O) groups is 2. The van der Waals surface area contributed by atoms with Crippen molar-refractivity contribution in [3.05, 3.63) is 29.8 Å². The number of anilines is 1. The maximum atomic E-state index is 11.8. The zero-order chi connectivity index (χ0) is 14.9. The highest BCUT2D eigenvalue weighted by Gasteiger charge is 2.41. The van der Waals surface area contributed by atoms with Crippen molar-refractivity contribution in [3.63, 3.8) is 0 Å². The molecule has 1 aromatic rings. The minimum Gasteiger partial charge on any atom is -0.376 e. The van der Waals surface area contributed by atoms with Gasteiger partial charge in [-0.05, 0) is 17.7 Å². The quantitative estimate of drug-likeness (QED) is 0.875. The molecule has 6 nitrogen and oxygen atoms in total. The SMILES string of the molecule is CC(=O)NC1(c2ccc(N3CCOCC3=O)cc2)COC1. The highest BCUT2D eigenvalue weighted by atomic mass is 16.5. The van der Waals surface area contributed by atoms with Crippen LogP contribution in [0.5, 0.6) is 0 Å². The van der Waals surface area contributed by atoms with Crippen molar-refractivity contribution < 1.29 is 19.1 Å². The molecule has 1 aromatic carbocycles. The van der Waals surface area contributed by atoms with Gasteiger partial charge in [0.05, 0.1) is 19.8 Å². The molecule has 0 spiro atoms. The van der Waals surface area contributed by atoms with E-state index < -0.39 is 5.54 Å². The summed E-state index contributed by atoms with van der Waals surface area (Å²) in [7, 11) is 0. The zero-order valence-electron chi connectivity index (χ0n) is 11.9. The molecule has 0 atom stereocenters. The van der Waals surface area contributed by atoms with Crippen molar-refractivity contribution in [1.29, 1.82) is 0 Å². The Kier molecular flexibility index (Phi) is 3.65. The molecule has 2 saturated heterocycles. The normalized spacial score (nSPS) is 20.8. The molecular weight excluding hydrogens is 272 g/mol. The van der Waals surface area contributed by atoms with E-state index in [9.17, 15) is 9.59 Å². The fourth-order valence-corrected chi connectivity index (χ4v) is 2.71. The van der Waals surface area contributed by atoms with Crippen LogP contribution in [-0.2, 0) is 24.6 Å². The second-order valence-corrected chi connectivity index (χ2v) is 5.40. The average Bonchev–Trinajstić information content (AvgIpc) is 2.44. The van der Waals surface area contributed by atoms with Gasteiger partial charge in [0.25, 0.3) is 5.91 Å². The zero-order valence-corrected chi connectivity index (χ0v) is 11.9. The fourth-order valence-electron chi connectivity index (χ4n) is 2.71. The third kappa shape index (κ3) is 2.64. The Morgan fingerprint density at radius 3 is 2.48 bits per heavy atom. The van der Waals surface area contributed by atoms with Gasteiger partial charge in [-0.1, -0.05) is 12.1 Å². The summed E-state index contributed by atoms with van der Waals surface area (Å²) in [5.74, 6) is -0.108. The molecule has 2 heterocycles. The number of hydrogen-bond donors (Lipinski definition) is 1. The van der Waals surface area contributed by atoms with Crippen LogP contribution in [0, 0.1) is 0 Å². The Labute approximate surface area is 123 Å². The Bertz CT molecular complexity index is 551. The lowest BCUT2D eigenvalue weighted by atomic mass is 9.87. The minimum atomic E-state index is -0.431. The lowest BCUT2D eigenvalue weighted by Gasteiger charge is -2.42. The van der Waals surface area contributed by atoms with Crippen LogP contribution in [-0.4, -0.2) is 44.8 Å². The number of ether oxygens (including phenoxy) is 2. The topological polar surface area (TPSA) is 67.9 Å². The van der Waals surface area contributed by atoms with Crippen molar-refractivity contribution in [3.8, 4) is 0 Å². The maximum absolute atomic E-state index is 11.8. The molecule has 21 heavy (non-hydrogen) atoms. The summed E-state index contributed by atoms with van der Waals surface area (Å²) in [6.07, 6.45) is 0. The smallest absolute Gasteiger partial charge is 0.253 e. The first kappa shape index (κ1) is 14.0. The molecule has 0 aromatic heterocycles. The Morgan fingerprint density at radius 2 is 1.95 bits per heavy atom. The highest BCUT2D eigenvalue weighted by Crippen LogP contribution is 2.31. The number of nitrogens with one attached hydrogen (secondary N) is 1. The number of carbonyl (C=O) groups excluding carboxylic acids is 2. The van der Waals surface area contributed by atoms with Crippen molar-refractivity contribution in [1.82, 2.24) is 5.32 Å². The molecule has 0 bridgehead atoms. The number of hydrogen-bond acceptors (Lipinski definition) is 4. The van der Waals surface area contributed by atoms with E-state index in [1.165, 1.54) is 6.92 Å². The van der Waals surface area contributed by atoms with E-state index in [1.807, 2.05) is 24.3 Å². The molecule has 0 aliphatic carbocycles. The molecule has 3 rings (SSSR count). The van der Waals surface area contributed by atoms with E-state index >= 15 is 0 Å². The van der Waals surface area contributed by atoms with E-state index in [2.05, 4.69) is 5.32 Å². The molecule has 0 radical (unpaired) electrons. The summed E-state index contributed by atoms with van der Waals surface area (Å²) >= 11 is 0. The number of amides is 2. The van der Waals surface area contributed by atoms with Gasteiger partial charge in [-0.15, -0.1) is 0 Å². The first-order chi connectivity index (χ1) is 10.1. The first-order valence-corrected chi connectivity index (χ1v) is 6.96.